The molecule has 0 aromatic heterocycles. The predicted octanol–water partition coefficient (Wildman–Crippen LogP) is 4.84. The Kier molecular flexibility index (Phi) is 4.90. The Morgan fingerprint density at radius 3 is 2.50 bits per heavy atom. The van der Waals surface area contributed by atoms with Crippen LogP contribution >= 0.6 is 45.8 Å². The molecule has 0 bridgehead atoms. The Hall–Kier alpha value is -0.290. The van der Waals surface area contributed by atoms with Crippen molar-refractivity contribution >= 4 is 45.8 Å². The molecular weight excluding hydrogens is 380 g/mol. The average Bonchev–Trinajstić information content (AvgIpc) is 2.33. The van der Waals surface area contributed by atoms with Gasteiger partial charge in [-0.2, -0.15) is 0 Å². The Balaban J connectivity index is 2.21. The minimum absolute atomic E-state index is 0.0585. The van der Waals surface area contributed by atoms with Crippen molar-refractivity contribution in [1.29, 1.82) is 0 Å². The van der Waals surface area contributed by atoms with Crippen LogP contribution in [0.5, 0.6) is 0 Å². The fraction of sp³-hybridized carbons (Fsp3) is 0.143. The number of rotatable bonds is 3. The van der Waals surface area contributed by atoms with E-state index in [1.807, 2.05) is 24.3 Å². The van der Waals surface area contributed by atoms with Crippen LogP contribution in [0.25, 0.3) is 0 Å². The largest absolute Gasteiger partial charge is 0.324 e. The van der Waals surface area contributed by atoms with E-state index in [-0.39, 0.29) is 6.04 Å². The third-order valence-electron chi connectivity index (χ3n) is 2.76. The lowest BCUT2D eigenvalue weighted by Crippen LogP contribution is -2.14. The second-order valence-corrected chi connectivity index (χ2v) is 6.07. The van der Waals surface area contributed by atoms with Crippen molar-refractivity contribution in [2.75, 3.05) is 0 Å². The summed E-state index contributed by atoms with van der Waals surface area (Å²) in [5, 5.41) is 1.32. The van der Waals surface area contributed by atoms with Gasteiger partial charge in [0, 0.05) is 19.7 Å². The van der Waals surface area contributed by atoms with Gasteiger partial charge in [-0.15, -0.1) is 0 Å². The van der Waals surface area contributed by atoms with Gasteiger partial charge in [0.05, 0.1) is 0 Å². The van der Waals surface area contributed by atoms with E-state index in [1.54, 1.807) is 6.07 Å². The lowest BCUT2D eigenvalue weighted by molar-refractivity contribution is 0.718. The Bertz CT molecular complexity index is 557. The predicted molar refractivity (Wildman–Crippen MR) is 86.3 cm³/mol. The fourth-order valence-electron chi connectivity index (χ4n) is 1.81. The molecule has 2 aromatic carbocycles. The summed E-state index contributed by atoms with van der Waals surface area (Å²) >= 11 is 14.3. The third-order valence-corrected chi connectivity index (χ3v) is 4.33. The minimum Gasteiger partial charge on any atom is -0.324 e. The maximum absolute atomic E-state index is 6.24. The SMILES string of the molecule is NC(Cc1ccc(Cl)cc1Cl)c1ccccc1I. The smallest absolute Gasteiger partial charge is 0.0453 e. The van der Waals surface area contributed by atoms with E-state index >= 15 is 0 Å². The highest BCUT2D eigenvalue weighted by Crippen LogP contribution is 2.26. The van der Waals surface area contributed by atoms with Gasteiger partial charge in [0.1, 0.15) is 0 Å². The van der Waals surface area contributed by atoms with E-state index in [9.17, 15) is 0 Å². The Morgan fingerprint density at radius 2 is 1.83 bits per heavy atom. The van der Waals surface area contributed by atoms with Gasteiger partial charge in [0.2, 0.25) is 0 Å². The topological polar surface area (TPSA) is 26.0 Å². The van der Waals surface area contributed by atoms with E-state index in [1.165, 1.54) is 3.57 Å². The summed E-state index contributed by atoms with van der Waals surface area (Å²) in [4.78, 5) is 0. The first-order chi connectivity index (χ1) is 8.58. The number of hydrogen-bond acceptors (Lipinski definition) is 1. The summed E-state index contributed by atoms with van der Waals surface area (Å²) in [6.45, 7) is 0. The molecule has 1 atom stereocenters. The van der Waals surface area contributed by atoms with Gasteiger partial charge >= 0.3 is 0 Å². The molecule has 2 rings (SSSR count). The van der Waals surface area contributed by atoms with Gasteiger partial charge in [-0.05, 0) is 58.3 Å². The molecule has 0 spiro atoms. The first-order valence-corrected chi connectivity index (χ1v) is 7.35. The molecule has 0 heterocycles. The molecule has 0 amide bonds. The van der Waals surface area contributed by atoms with Crippen LogP contribution in [0.2, 0.25) is 10.0 Å². The van der Waals surface area contributed by atoms with Gasteiger partial charge in [-0.3, -0.25) is 0 Å². The van der Waals surface area contributed by atoms with Crippen LogP contribution in [-0.2, 0) is 6.42 Å². The van der Waals surface area contributed by atoms with Crippen molar-refractivity contribution in [3.63, 3.8) is 0 Å². The van der Waals surface area contributed by atoms with Gasteiger partial charge in [0.25, 0.3) is 0 Å². The molecular formula is C14H12Cl2IN. The zero-order valence-corrected chi connectivity index (χ0v) is 13.2. The maximum atomic E-state index is 6.24. The van der Waals surface area contributed by atoms with Crippen LogP contribution in [0, 0.1) is 3.57 Å². The van der Waals surface area contributed by atoms with Crippen molar-refractivity contribution in [2.45, 2.75) is 12.5 Å². The molecule has 1 nitrogen and oxygen atoms in total. The van der Waals surface area contributed by atoms with Crippen molar-refractivity contribution in [1.82, 2.24) is 0 Å². The van der Waals surface area contributed by atoms with E-state index in [0.29, 0.717) is 16.5 Å². The monoisotopic (exact) mass is 391 g/mol. The van der Waals surface area contributed by atoms with Crippen molar-refractivity contribution in [3.8, 4) is 0 Å². The minimum atomic E-state index is -0.0585. The normalized spacial score (nSPS) is 12.4. The zero-order valence-electron chi connectivity index (χ0n) is 9.54. The molecule has 18 heavy (non-hydrogen) atoms. The highest BCUT2D eigenvalue weighted by atomic mass is 127. The van der Waals surface area contributed by atoms with Gasteiger partial charge in [-0.25, -0.2) is 0 Å². The molecule has 4 heteroatoms. The summed E-state index contributed by atoms with van der Waals surface area (Å²) in [6.07, 6.45) is 0.704. The highest BCUT2D eigenvalue weighted by Gasteiger charge is 2.12. The average molecular weight is 392 g/mol. The molecule has 0 aliphatic heterocycles. The summed E-state index contributed by atoms with van der Waals surface area (Å²) in [7, 11) is 0. The Morgan fingerprint density at radius 1 is 1.11 bits per heavy atom. The molecule has 94 valence electrons. The van der Waals surface area contributed by atoms with Gasteiger partial charge in [0.15, 0.2) is 0 Å². The molecule has 2 aromatic rings. The van der Waals surface area contributed by atoms with Crippen LogP contribution in [0.1, 0.15) is 17.2 Å². The van der Waals surface area contributed by atoms with Crippen LogP contribution in [0.3, 0.4) is 0 Å². The molecule has 0 saturated carbocycles. The van der Waals surface area contributed by atoms with E-state index in [4.69, 9.17) is 28.9 Å². The van der Waals surface area contributed by atoms with Crippen LogP contribution in [0.15, 0.2) is 42.5 Å². The summed E-state index contributed by atoms with van der Waals surface area (Å²) in [6, 6.07) is 13.6. The lowest BCUT2D eigenvalue weighted by Gasteiger charge is -2.15. The van der Waals surface area contributed by atoms with Gasteiger partial charge in [-0.1, -0.05) is 47.5 Å². The molecule has 0 saturated heterocycles. The van der Waals surface area contributed by atoms with E-state index in [2.05, 4.69) is 34.7 Å². The van der Waals surface area contributed by atoms with Crippen molar-refractivity contribution < 1.29 is 0 Å². The van der Waals surface area contributed by atoms with Crippen molar-refractivity contribution in [3.05, 3.63) is 67.2 Å². The Labute approximate surface area is 130 Å². The molecule has 0 aliphatic rings. The fourth-order valence-corrected chi connectivity index (χ4v) is 3.08. The van der Waals surface area contributed by atoms with Crippen LogP contribution in [0.4, 0.5) is 0 Å². The lowest BCUT2D eigenvalue weighted by atomic mass is 10.00. The number of benzene rings is 2. The van der Waals surface area contributed by atoms with Crippen LogP contribution < -0.4 is 5.73 Å². The summed E-state index contributed by atoms with van der Waals surface area (Å²) in [5.74, 6) is 0. The second-order valence-electron chi connectivity index (χ2n) is 4.07. The molecule has 1 unspecified atom stereocenters. The van der Waals surface area contributed by atoms with Crippen molar-refractivity contribution in [2.24, 2.45) is 5.73 Å². The maximum Gasteiger partial charge on any atom is 0.0453 e. The van der Waals surface area contributed by atoms with Gasteiger partial charge < -0.3 is 5.73 Å². The third kappa shape index (κ3) is 3.38. The van der Waals surface area contributed by atoms with E-state index in [0.717, 1.165) is 11.1 Å². The first-order valence-electron chi connectivity index (χ1n) is 5.52. The zero-order chi connectivity index (χ0) is 13.1. The standard InChI is InChI=1S/C14H12Cl2IN/c15-10-6-5-9(12(16)8-10)7-14(18)11-3-1-2-4-13(11)17/h1-6,8,14H,7,18H2. The molecule has 0 fully saturated rings. The second kappa shape index (κ2) is 6.24. The summed E-state index contributed by atoms with van der Waals surface area (Å²) in [5.41, 5.74) is 8.40. The first kappa shape index (κ1) is 14.1. The molecule has 0 aliphatic carbocycles. The number of hydrogen-bond donors (Lipinski definition) is 1. The summed E-state index contributed by atoms with van der Waals surface area (Å²) < 4.78 is 1.17. The molecule has 2 N–H and O–H groups in total. The number of nitrogens with two attached hydrogens (primary N) is 1. The highest BCUT2D eigenvalue weighted by molar-refractivity contribution is 14.1. The quantitative estimate of drug-likeness (QED) is 0.744. The van der Waals surface area contributed by atoms with Crippen LogP contribution in [-0.4, -0.2) is 0 Å². The number of halogens is 3. The van der Waals surface area contributed by atoms with E-state index < -0.39 is 0 Å². The molecule has 0 radical (unpaired) electrons.